The van der Waals surface area contributed by atoms with E-state index in [2.05, 4.69) is 4.72 Å². The van der Waals surface area contributed by atoms with Crippen molar-refractivity contribution in [3.05, 3.63) is 18.2 Å². The Morgan fingerprint density at radius 1 is 1.45 bits per heavy atom. The first-order valence-corrected chi connectivity index (χ1v) is 7.95. The van der Waals surface area contributed by atoms with E-state index < -0.39 is 10.0 Å². The van der Waals surface area contributed by atoms with Crippen LogP contribution in [0.25, 0.3) is 0 Å². The monoisotopic (exact) mass is 300 g/mol. The van der Waals surface area contributed by atoms with Crippen LogP contribution in [0.2, 0.25) is 0 Å². The molecule has 1 aliphatic carbocycles. The van der Waals surface area contributed by atoms with Crippen LogP contribution in [-0.4, -0.2) is 33.8 Å². The van der Waals surface area contributed by atoms with Crippen LogP contribution in [0.5, 0.6) is 5.75 Å². The number of aliphatic hydroxyl groups excluding tert-OH is 1. The topological polar surface area (TPSA) is 102 Å². The van der Waals surface area contributed by atoms with E-state index in [0.29, 0.717) is 18.7 Å². The van der Waals surface area contributed by atoms with Crippen molar-refractivity contribution in [1.82, 2.24) is 4.72 Å². The Labute approximate surface area is 119 Å². The van der Waals surface area contributed by atoms with Gasteiger partial charge in [0.05, 0.1) is 12.8 Å². The zero-order valence-electron chi connectivity index (χ0n) is 11.4. The average Bonchev–Trinajstić information content (AvgIpc) is 3.17. The minimum Gasteiger partial charge on any atom is -0.497 e. The Morgan fingerprint density at radius 2 is 2.15 bits per heavy atom. The van der Waals surface area contributed by atoms with Crippen LogP contribution in [0, 0.1) is 5.41 Å². The molecule has 20 heavy (non-hydrogen) atoms. The van der Waals surface area contributed by atoms with Crippen molar-refractivity contribution in [2.24, 2.45) is 5.41 Å². The molecule has 7 heteroatoms. The fourth-order valence-corrected chi connectivity index (χ4v) is 3.42. The molecule has 1 aromatic carbocycles. The highest BCUT2D eigenvalue weighted by atomic mass is 32.2. The number of nitrogens with two attached hydrogens (primary N) is 1. The summed E-state index contributed by atoms with van der Waals surface area (Å²) in [6.45, 7) is 0.410. The molecule has 0 aromatic heterocycles. The smallest absolute Gasteiger partial charge is 0.242 e. The lowest BCUT2D eigenvalue weighted by molar-refractivity contribution is 0.249. The minimum atomic E-state index is -3.64. The zero-order valence-corrected chi connectivity index (χ0v) is 12.2. The number of benzene rings is 1. The number of rotatable bonds is 7. The van der Waals surface area contributed by atoms with Crippen molar-refractivity contribution < 1.29 is 18.3 Å². The summed E-state index contributed by atoms with van der Waals surface area (Å²) in [5, 5.41) is 8.98. The molecule has 112 valence electrons. The summed E-state index contributed by atoms with van der Waals surface area (Å²) in [4.78, 5) is 0.0538. The summed E-state index contributed by atoms with van der Waals surface area (Å²) in [5.74, 6) is 0.514. The summed E-state index contributed by atoms with van der Waals surface area (Å²) < 4.78 is 32.1. The van der Waals surface area contributed by atoms with Crippen LogP contribution in [0.15, 0.2) is 23.1 Å². The first-order valence-electron chi connectivity index (χ1n) is 6.46. The maximum Gasteiger partial charge on any atom is 0.242 e. The van der Waals surface area contributed by atoms with Crippen molar-refractivity contribution in [2.75, 3.05) is 26.0 Å². The number of anilines is 1. The molecule has 4 N–H and O–H groups in total. The molecule has 0 amide bonds. The minimum absolute atomic E-state index is 0.0538. The number of hydrogen-bond acceptors (Lipinski definition) is 5. The van der Waals surface area contributed by atoms with E-state index in [1.165, 1.54) is 19.2 Å². The second kappa shape index (κ2) is 5.59. The molecule has 1 aromatic rings. The van der Waals surface area contributed by atoms with Gasteiger partial charge in [0.25, 0.3) is 0 Å². The molecule has 0 heterocycles. The first kappa shape index (κ1) is 15.1. The molecule has 0 unspecified atom stereocenters. The maximum atomic E-state index is 12.2. The maximum absolute atomic E-state index is 12.2. The number of aliphatic hydroxyl groups is 1. The van der Waals surface area contributed by atoms with Crippen LogP contribution >= 0.6 is 0 Å². The molecule has 0 spiro atoms. The summed E-state index contributed by atoms with van der Waals surface area (Å²) in [6, 6.07) is 4.48. The number of nitrogens with one attached hydrogen (secondary N) is 1. The molecule has 2 rings (SSSR count). The molecular weight excluding hydrogens is 280 g/mol. The highest BCUT2D eigenvalue weighted by Gasteiger charge is 2.42. The van der Waals surface area contributed by atoms with Crippen LogP contribution in [-0.2, 0) is 10.0 Å². The fraction of sp³-hybridized carbons (Fsp3) is 0.538. The molecule has 0 radical (unpaired) electrons. The van der Waals surface area contributed by atoms with Crippen molar-refractivity contribution in [3.63, 3.8) is 0 Å². The lowest BCUT2D eigenvalue weighted by Gasteiger charge is -2.15. The van der Waals surface area contributed by atoms with E-state index in [9.17, 15) is 8.42 Å². The Morgan fingerprint density at radius 3 is 2.65 bits per heavy atom. The molecule has 0 aliphatic heterocycles. The fourth-order valence-electron chi connectivity index (χ4n) is 2.15. The standard InChI is InChI=1S/C13H20N2O4S/c1-19-10-2-3-12(11(14)8-10)20(17,18)15-9-13(4-5-13)6-7-16/h2-3,8,15-16H,4-7,9,14H2,1H3. The quantitative estimate of drug-likeness (QED) is 0.644. The molecule has 1 fully saturated rings. The third-order valence-corrected chi connectivity index (χ3v) is 5.22. The summed E-state index contributed by atoms with van der Waals surface area (Å²) in [5.41, 5.74) is 5.83. The summed E-state index contributed by atoms with van der Waals surface area (Å²) >= 11 is 0. The van der Waals surface area contributed by atoms with Crippen LogP contribution in [0.3, 0.4) is 0 Å². The second-order valence-electron chi connectivity index (χ2n) is 5.20. The zero-order chi connectivity index (χ0) is 14.8. The number of nitrogen functional groups attached to an aromatic ring is 1. The lowest BCUT2D eigenvalue weighted by Crippen LogP contribution is -2.31. The first-order chi connectivity index (χ1) is 9.42. The molecule has 6 nitrogen and oxygen atoms in total. The van der Waals surface area contributed by atoms with E-state index in [4.69, 9.17) is 15.6 Å². The van der Waals surface area contributed by atoms with E-state index in [-0.39, 0.29) is 22.6 Å². The predicted octanol–water partition coefficient (Wildman–Crippen LogP) is 0.718. The Balaban J connectivity index is 2.10. The Kier molecular flexibility index (Phi) is 4.22. The Hall–Kier alpha value is -1.31. The van der Waals surface area contributed by atoms with E-state index >= 15 is 0 Å². The normalized spacial score (nSPS) is 16.9. The predicted molar refractivity (Wildman–Crippen MR) is 76.0 cm³/mol. The van der Waals surface area contributed by atoms with E-state index in [1.807, 2.05) is 0 Å². The van der Waals surface area contributed by atoms with Crippen LogP contribution in [0.4, 0.5) is 5.69 Å². The Bertz CT molecular complexity index is 582. The van der Waals surface area contributed by atoms with Gasteiger partial charge >= 0.3 is 0 Å². The van der Waals surface area contributed by atoms with Crippen molar-refractivity contribution in [3.8, 4) is 5.75 Å². The van der Waals surface area contributed by atoms with Gasteiger partial charge in [0.15, 0.2) is 0 Å². The largest absolute Gasteiger partial charge is 0.497 e. The summed E-state index contributed by atoms with van der Waals surface area (Å²) in [7, 11) is -2.15. The molecule has 1 aliphatic rings. The molecule has 0 saturated heterocycles. The van der Waals surface area contributed by atoms with Gasteiger partial charge in [-0.15, -0.1) is 0 Å². The van der Waals surface area contributed by atoms with Gasteiger partial charge in [0, 0.05) is 19.2 Å². The number of ether oxygens (including phenoxy) is 1. The van der Waals surface area contributed by atoms with Gasteiger partial charge in [-0.1, -0.05) is 0 Å². The third kappa shape index (κ3) is 3.23. The molecule has 0 atom stereocenters. The second-order valence-corrected chi connectivity index (χ2v) is 6.94. The van der Waals surface area contributed by atoms with Crippen molar-refractivity contribution in [2.45, 2.75) is 24.2 Å². The van der Waals surface area contributed by atoms with E-state index in [1.54, 1.807) is 6.07 Å². The van der Waals surface area contributed by atoms with Crippen LogP contribution in [0.1, 0.15) is 19.3 Å². The molecule has 1 saturated carbocycles. The van der Waals surface area contributed by atoms with Crippen molar-refractivity contribution >= 4 is 15.7 Å². The van der Waals surface area contributed by atoms with Crippen molar-refractivity contribution in [1.29, 1.82) is 0 Å². The van der Waals surface area contributed by atoms with Gasteiger partial charge in [0.1, 0.15) is 10.6 Å². The van der Waals surface area contributed by atoms with Gasteiger partial charge < -0.3 is 15.6 Å². The number of methoxy groups -OCH3 is 1. The summed E-state index contributed by atoms with van der Waals surface area (Å²) in [6.07, 6.45) is 2.50. The van der Waals surface area contributed by atoms with Gasteiger partial charge in [-0.25, -0.2) is 13.1 Å². The highest BCUT2D eigenvalue weighted by Crippen LogP contribution is 2.48. The van der Waals surface area contributed by atoms with Gasteiger partial charge in [0.2, 0.25) is 10.0 Å². The molecule has 0 bridgehead atoms. The number of sulfonamides is 1. The van der Waals surface area contributed by atoms with Gasteiger partial charge in [-0.2, -0.15) is 0 Å². The van der Waals surface area contributed by atoms with Crippen LogP contribution < -0.4 is 15.2 Å². The molecular formula is C13H20N2O4S. The lowest BCUT2D eigenvalue weighted by atomic mass is 10.0. The average molecular weight is 300 g/mol. The highest BCUT2D eigenvalue weighted by molar-refractivity contribution is 7.89. The van der Waals surface area contributed by atoms with Gasteiger partial charge in [-0.05, 0) is 36.8 Å². The van der Waals surface area contributed by atoms with E-state index in [0.717, 1.165) is 12.8 Å². The SMILES string of the molecule is COc1ccc(S(=O)(=O)NCC2(CCO)CC2)c(N)c1. The van der Waals surface area contributed by atoms with Gasteiger partial charge in [-0.3, -0.25) is 0 Å². The number of hydrogen-bond donors (Lipinski definition) is 3. The third-order valence-electron chi connectivity index (χ3n) is 3.74.